The van der Waals surface area contributed by atoms with Gasteiger partial charge in [0.2, 0.25) is 0 Å². The van der Waals surface area contributed by atoms with E-state index in [1.807, 2.05) is 13.8 Å². The van der Waals surface area contributed by atoms with Crippen molar-refractivity contribution in [2.45, 2.75) is 132 Å². The number of carboxylic acid groups (broad SMARTS) is 2. The summed E-state index contributed by atoms with van der Waals surface area (Å²) in [6, 6.07) is -2.64. The SMILES string of the molecule is CC(=O)OCO.CN(C)O.[B][C@H]1C[C@@H](C)[C@@H](C(=O)O)O1.[B][C@H]1C[C@@H](C)[C@@H](CO)O1.[B][C@H]1C[C@@H](O)[C@@H](C(=O)O)O1.[B][C@H]1C[C@@H](O)[C@@H](C(=O)OP(=O)(O)OP(=O)(O)OP(=O)(O)O)O1.[B][C@H]1C[C@@H](O)[C@@H](CO)O1. The first-order chi connectivity index (χ1) is 31.9. The Labute approximate surface area is 408 Å². The number of hydrogen-bond acceptors (Lipinski definition) is 24. The fraction of sp³-hybridized carbons (Fsp3) is 0.875. The van der Waals surface area contributed by atoms with E-state index in [0.29, 0.717) is 18.8 Å². The standard InChI is InChI=1S/C6H9BO3.C6H11BO2.C5H10BO13P3.C5H7BO4.C5H9BO3.C3H6O3.C2H7NO/c1-3-2-4(7)10-5(3)6(8)9;1-4-2-6(7)9-5(4)3-8;6-3-1-2(7)4(16-3)5(8)17-21(12,13)19-22(14,15)18-20(9,10)11;6-3-1-2(7)4(10-3)5(8)9;6-5-1-3(8)4(2-7)9-5;1-3(5)6-2-4;1-3(2)4/h3-5H,2H2,1H3,(H,8,9);4-6,8H,2-3H2,1H3;2-4,7H,1H2,(H,12,13)(H,14,15)(H2,9,10,11);2-4,7H,1H2,(H,8,9);3-5,7-8H,1-2H2;4H,2H2,1H3;4H,1-2H3/t3-,4-,5+;4-,5-,6-;2*2-,3-,4+;3-,4-,5-;;/m11111../s1. The Morgan fingerprint density at radius 1 is 0.586 bits per heavy atom. The Morgan fingerprint density at radius 3 is 1.19 bits per heavy atom. The number of nitrogens with zero attached hydrogens (tertiary/aromatic N) is 1. The van der Waals surface area contributed by atoms with E-state index in [1.165, 1.54) is 6.92 Å². The van der Waals surface area contributed by atoms with E-state index < -0.39 is 121 Å². The van der Waals surface area contributed by atoms with Gasteiger partial charge in [0.25, 0.3) is 0 Å². The zero-order valence-corrected chi connectivity index (χ0v) is 41.0. The molecule has 0 spiro atoms. The minimum absolute atomic E-state index is 0.0278. The summed E-state index contributed by atoms with van der Waals surface area (Å²) in [6.07, 6.45) is -5.18. The van der Waals surface area contributed by atoms with Crippen molar-refractivity contribution < 1.29 is 140 Å². The highest BCUT2D eigenvalue weighted by Gasteiger charge is 2.46. The molecule has 70 heavy (non-hydrogen) atoms. The maximum absolute atomic E-state index is 11.4. The Bertz CT molecular complexity index is 1650. The predicted molar refractivity (Wildman–Crippen MR) is 235 cm³/mol. The molecule has 17 atom stereocenters. The zero-order valence-electron chi connectivity index (χ0n) is 38.3. The molecule has 5 fully saturated rings. The number of rotatable bonds is 11. The molecule has 5 saturated heterocycles. The molecule has 5 aliphatic rings. The summed E-state index contributed by atoms with van der Waals surface area (Å²) in [5.74, 6) is -3.75. The molecule has 396 valence electrons. The number of phosphoric ester groups is 1. The highest BCUT2D eigenvalue weighted by Crippen LogP contribution is 2.66. The molecular formula is C32H59B5NO29P3. The number of ether oxygens (including phenoxy) is 6. The number of carbonyl (C=O) groups excluding carboxylic acids is 2. The van der Waals surface area contributed by atoms with E-state index in [2.05, 4.69) is 27.4 Å². The molecule has 38 heteroatoms. The lowest BCUT2D eigenvalue weighted by molar-refractivity contribution is -0.152. The Hall–Kier alpha value is -1.87. The van der Waals surface area contributed by atoms with Crippen molar-refractivity contribution in [1.29, 1.82) is 0 Å². The van der Waals surface area contributed by atoms with Gasteiger partial charge in [0.05, 0.1) is 37.6 Å². The molecule has 5 heterocycles. The third-order valence-corrected chi connectivity index (χ3v) is 12.3. The largest absolute Gasteiger partial charge is 0.538 e. The lowest BCUT2D eigenvalue weighted by atomic mass is 9.92. The van der Waals surface area contributed by atoms with Crippen LogP contribution in [0.15, 0.2) is 0 Å². The van der Waals surface area contributed by atoms with Crippen molar-refractivity contribution in [3.63, 3.8) is 0 Å². The number of aliphatic hydroxyl groups is 6. The number of hydroxylamine groups is 2. The number of aliphatic hydroxyl groups excluding tert-OH is 6. The van der Waals surface area contributed by atoms with Crippen molar-refractivity contribution in [3.8, 4) is 0 Å². The van der Waals surface area contributed by atoms with Crippen LogP contribution in [-0.4, -0.2) is 247 Å². The molecule has 0 bridgehead atoms. The highest BCUT2D eigenvalue weighted by molar-refractivity contribution is 7.66. The second-order valence-electron chi connectivity index (χ2n) is 15.2. The molecular weight excluding hydrogens is 1010 g/mol. The monoisotopic (exact) mass is 1070 g/mol. The minimum atomic E-state index is -5.73. The highest BCUT2D eigenvalue weighted by atomic mass is 31.3. The van der Waals surface area contributed by atoms with Crippen LogP contribution in [0.5, 0.6) is 0 Å². The lowest BCUT2D eigenvalue weighted by Crippen LogP contribution is -2.31. The third kappa shape index (κ3) is 31.7. The molecule has 0 aliphatic carbocycles. The van der Waals surface area contributed by atoms with Gasteiger partial charge < -0.3 is 93.7 Å². The number of carbonyl (C=O) groups is 4. The van der Waals surface area contributed by atoms with Crippen LogP contribution in [0.25, 0.3) is 0 Å². The van der Waals surface area contributed by atoms with Gasteiger partial charge in [0.1, 0.15) is 45.3 Å². The maximum atomic E-state index is 11.4. The number of hydrogen-bond donors (Lipinski definition) is 13. The first-order valence-corrected chi connectivity index (χ1v) is 24.7. The summed E-state index contributed by atoms with van der Waals surface area (Å²) in [7, 11) is 12.8. The van der Waals surface area contributed by atoms with Gasteiger partial charge in [-0.05, 0) is 43.9 Å². The maximum Gasteiger partial charge on any atom is 0.538 e. The second-order valence-corrected chi connectivity index (χ2v) is 19.5. The van der Waals surface area contributed by atoms with Crippen molar-refractivity contribution in [1.82, 2.24) is 5.06 Å². The van der Waals surface area contributed by atoms with E-state index >= 15 is 0 Å². The van der Waals surface area contributed by atoms with E-state index in [9.17, 15) is 38.0 Å². The summed E-state index contributed by atoms with van der Waals surface area (Å²) < 4.78 is 71.6. The Morgan fingerprint density at radius 2 is 0.957 bits per heavy atom. The van der Waals surface area contributed by atoms with E-state index in [-0.39, 0.29) is 44.1 Å². The molecule has 5 aliphatic heterocycles. The molecule has 0 saturated carbocycles. The summed E-state index contributed by atoms with van der Waals surface area (Å²) in [5, 5.41) is 78.1. The molecule has 30 nitrogen and oxygen atoms in total. The molecule has 0 aromatic rings. The van der Waals surface area contributed by atoms with E-state index in [0.717, 1.165) is 11.5 Å². The van der Waals surface area contributed by atoms with Gasteiger partial charge in [0.15, 0.2) is 25.1 Å². The normalized spacial score (nSPS) is 33.6. The first-order valence-electron chi connectivity index (χ1n) is 20.1. The topological polar surface area (TPSA) is 469 Å². The van der Waals surface area contributed by atoms with Gasteiger partial charge in [-0.25, -0.2) is 28.1 Å². The van der Waals surface area contributed by atoms with Gasteiger partial charge in [-0.15, -0.1) is 0 Å². The van der Waals surface area contributed by atoms with Crippen molar-refractivity contribution in [3.05, 3.63) is 0 Å². The average molecular weight is 1070 g/mol. The van der Waals surface area contributed by atoms with Crippen molar-refractivity contribution in [2.75, 3.05) is 34.1 Å². The van der Waals surface area contributed by atoms with Crippen LogP contribution in [0, 0.1) is 11.8 Å². The third-order valence-electron chi connectivity index (χ3n) is 8.54. The van der Waals surface area contributed by atoms with Crippen LogP contribution in [0.3, 0.4) is 0 Å². The summed E-state index contributed by atoms with van der Waals surface area (Å²) in [4.78, 5) is 76.2. The first kappa shape index (κ1) is 70.2. The Kier molecular flexibility index (Phi) is 34.0. The second kappa shape index (κ2) is 33.9. The fourth-order valence-electron chi connectivity index (χ4n) is 5.63. The van der Waals surface area contributed by atoms with E-state index in [1.54, 1.807) is 14.1 Å². The summed E-state index contributed by atoms with van der Waals surface area (Å²) >= 11 is 0. The van der Waals surface area contributed by atoms with Crippen LogP contribution < -0.4 is 0 Å². The molecule has 13 N–H and O–H groups in total. The number of phosphoric acid groups is 3. The molecule has 2 unspecified atom stereocenters. The van der Waals surface area contributed by atoms with Crippen LogP contribution >= 0.6 is 23.5 Å². The van der Waals surface area contributed by atoms with Crippen LogP contribution in [0.1, 0.15) is 52.9 Å². The number of aliphatic carboxylic acids is 2. The van der Waals surface area contributed by atoms with Crippen LogP contribution in [0.2, 0.25) is 0 Å². The summed E-state index contributed by atoms with van der Waals surface area (Å²) in [6.45, 7) is 4.51. The fourth-order valence-corrected chi connectivity index (χ4v) is 8.60. The predicted octanol–water partition coefficient (Wildman–Crippen LogP) is -4.84. The number of esters is 1. The molecule has 10 radical (unpaired) electrons. The van der Waals surface area contributed by atoms with Gasteiger partial charge in [0, 0.05) is 51.0 Å². The number of carboxylic acids is 2. The van der Waals surface area contributed by atoms with Crippen LogP contribution in [-0.2, 0) is 74.4 Å². The lowest BCUT2D eigenvalue weighted by Gasteiger charge is -2.18. The summed E-state index contributed by atoms with van der Waals surface area (Å²) in [5.41, 5.74) is 0. The van der Waals surface area contributed by atoms with Crippen molar-refractivity contribution in [2.24, 2.45) is 11.8 Å². The van der Waals surface area contributed by atoms with Gasteiger partial charge in [-0.3, -0.25) is 9.69 Å². The molecule has 0 aromatic carbocycles. The molecule has 0 amide bonds. The molecule has 0 aromatic heterocycles. The average Bonchev–Trinajstić information content (AvgIpc) is 3.98. The van der Waals surface area contributed by atoms with Gasteiger partial charge in [-0.2, -0.15) is 13.7 Å². The van der Waals surface area contributed by atoms with Crippen LogP contribution in [0.4, 0.5) is 0 Å². The quantitative estimate of drug-likeness (QED) is 0.0303. The van der Waals surface area contributed by atoms with E-state index in [4.69, 9.17) is 114 Å². The zero-order chi connectivity index (χ0) is 55.1. The van der Waals surface area contributed by atoms with Gasteiger partial charge >= 0.3 is 47.3 Å². The smallest absolute Gasteiger partial charge is 0.479 e. The Balaban J connectivity index is 0. The van der Waals surface area contributed by atoms with Gasteiger partial charge in [-0.1, -0.05) is 13.8 Å². The minimum Gasteiger partial charge on any atom is -0.479 e. The molecule has 5 rings (SSSR count). The van der Waals surface area contributed by atoms with Crippen molar-refractivity contribution >= 4 is 86.6 Å².